The summed E-state index contributed by atoms with van der Waals surface area (Å²) in [4.78, 5) is 0. The molecule has 0 saturated heterocycles. The summed E-state index contributed by atoms with van der Waals surface area (Å²) in [7, 11) is 0. The Morgan fingerprint density at radius 2 is 0.517 bits per heavy atom. The summed E-state index contributed by atoms with van der Waals surface area (Å²) in [5, 5.41) is 0. The lowest BCUT2D eigenvalue weighted by Gasteiger charge is -2.03. The van der Waals surface area contributed by atoms with Gasteiger partial charge >= 0.3 is 0 Å². The van der Waals surface area contributed by atoms with Crippen molar-refractivity contribution < 1.29 is 0 Å². The van der Waals surface area contributed by atoms with Crippen molar-refractivity contribution >= 4 is 0 Å². The molecule has 5 nitrogen and oxygen atoms in total. The van der Waals surface area contributed by atoms with Crippen LogP contribution in [0.1, 0.15) is 132 Å². The van der Waals surface area contributed by atoms with Crippen molar-refractivity contribution in [2.75, 3.05) is 0 Å². The fraction of sp³-hybridized carbons (Fsp3) is 1.00. The van der Waals surface area contributed by atoms with Gasteiger partial charge in [-0.25, -0.2) is 0 Å². The lowest BCUT2D eigenvalue weighted by atomic mass is 10.1. The highest BCUT2D eigenvalue weighted by Gasteiger charge is 1.94. The third-order valence-electron chi connectivity index (χ3n) is 4.74. The van der Waals surface area contributed by atoms with Gasteiger partial charge in [-0.3, -0.25) is 0 Å². The van der Waals surface area contributed by atoms with E-state index in [1.54, 1.807) is 0 Å². The third kappa shape index (κ3) is 47.2. The molecule has 0 aromatic heterocycles. The first-order chi connectivity index (χ1) is 13.2. The Kier molecular flexibility index (Phi) is 47.8. The van der Waals surface area contributed by atoms with Gasteiger partial charge < -0.3 is 29.1 Å². The Bertz CT molecular complexity index is 191. The van der Waals surface area contributed by atoms with Gasteiger partial charge in [-0.2, -0.15) is 0 Å². The number of rotatable bonds is 12. The Hall–Kier alpha value is -0.200. The maximum absolute atomic E-state index is 5.58. The van der Waals surface area contributed by atoms with E-state index in [0.29, 0.717) is 24.2 Å². The second-order valence-corrected chi connectivity index (χ2v) is 7.83. The van der Waals surface area contributed by atoms with Crippen LogP contribution in [0.4, 0.5) is 0 Å². The van der Waals surface area contributed by atoms with Crippen LogP contribution in [0.25, 0.3) is 0 Å². The molecule has 0 aromatic rings. The molecule has 4 unspecified atom stereocenters. The van der Waals surface area contributed by atoms with Crippen LogP contribution < -0.4 is 29.1 Å². The summed E-state index contributed by atoms with van der Waals surface area (Å²) < 4.78 is 0. The maximum atomic E-state index is 5.58. The van der Waals surface area contributed by atoms with Crippen LogP contribution in [-0.4, -0.2) is 24.2 Å². The van der Waals surface area contributed by atoms with E-state index >= 15 is 0 Å². The Morgan fingerprint density at radius 3 is 0.552 bits per heavy atom. The van der Waals surface area contributed by atoms with Crippen LogP contribution >= 0.6 is 0 Å². The monoisotopic (exact) mass is 422 g/mol. The summed E-state index contributed by atoms with van der Waals surface area (Å²) >= 11 is 0. The fourth-order valence-corrected chi connectivity index (χ4v) is 2.30. The van der Waals surface area contributed by atoms with E-state index < -0.39 is 0 Å². The molecule has 0 radical (unpaired) electrons. The van der Waals surface area contributed by atoms with Crippen LogP contribution in [0.2, 0.25) is 0 Å². The van der Waals surface area contributed by atoms with Gasteiger partial charge in [0.25, 0.3) is 0 Å². The lowest BCUT2D eigenvalue weighted by molar-refractivity contribution is 0.587. The molecular formula is C24H63N5. The molecule has 0 aromatic carbocycles. The molecule has 0 heterocycles. The van der Waals surface area contributed by atoms with E-state index in [-0.39, 0.29) is 6.15 Å². The van der Waals surface area contributed by atoms with Crippen LogP contribution in [0.3, 0.4) is 0 Å². The minimum Gasteiger partial charge on any atom is -0.344 e. The molecule has 0 amide bonds. The maximum Gasteiger partial charge on any atom is 0.00361 e. The van der Waals surface area contributed by atoms with Crippen molar-refractivity contribution in [3.63, 3.8) is 0 Å². The number of nitrogens with two attached hydrogens (primary N) is 4. The molecule has 0 saturated carbocycles. The smallest absolute Gasteiger partial charge is 0.00361 e. The van der Waals surface area contributed by atoms with Crippen molar-refractivity contribution in [2.45, 2.75) is 157 Å². The number of hydrogen-bond donors (Lipinski definition) is 5. The first-order valence-electron chi connectivity index (χ1n) is 12.3. The third-order valence-corrected chi connectivity index (χ3v) is 4.74. The topological polar surface area (TPSA) is 139 Å². The fourth-order valence-electron chi connectivity index (χ4n) is 2.30. The minimum atomic E-state index is 0. The quantitative estimate of drug-likeness (QED) is 0.253. The van der Waals surface area contributed by atoms with E-state index in [1.165, 1.54) is 51.4 Å². The largest absolute Gasteiger partial charge is 0.344 e. The van der Waals surface area contributed by atoms with Gasteiger partial charge in [0.2, 0.25) is 0 Å². The second kappa shape index (κ2) is 35.3. The molecule has 0 bridgehead atoms. The molecular weight excluding hydrogens is 358 g/mol. The summed E-state index contributed by atoms with van der Waals surface area (Å²) in [6.07, 6.45) is 14.1. The first-order valence-corrected chi connectivity index (χ1v) is 12.3. The predicted molar refractivity (Wildman–Crippen MR) is 138 cm³/mol. The van der Waals surface area contributed by atoms with Gasteiger partial charge in [-0.05, 0) is 51.4 Å². The van der Waals surface area contributed by atoms with Crippen LogP contribution in [-0.2, 0) is 0 Å². The average Bonchev–Trinajstić information content (AvgIpc) is 2.70. The van der Waals surface area contributed by atoms with Gasteiger partial charge in [-0.15, -0.1) is 0 Å². The first kappa shape index (κ1) is 39.3. The normalized spacial score (nSPS) is 13.7. The standard InChI is InChI=1S/4C6H15N.H3N/c4*1-3-5-6(7)4-2;/h4*6H,3-5,7H2,1-2H3;1H3. The minimum absolute atomic E-state index is 0. The molecule has 0 aliphatic carbocycles. The highest BCUT2D eigenvalue weighted by atomic mass is 14.6. The molecule has 184 valence electrons. The molecule has 0 aliphatic rings. The molecule has 29 heavy (non-hydrogen) atoms. The summed E-state index contributed by atoms with van der Waals surface area (Å²) in [5.41, 5.74) is 22.3. The Balaban J connectivity index is -0.0000000873. The highest BCUT2D eigenvalue weighted by molar-refractivity contribution is 4.56. The van der Waals surface area contributed by atoms with Crippen LogP contribution in [0.15, 0.2) is 0 Å². The zero-order valence-corrected chi connectivity index (χ0v) is 21.8. The van der Waals surface area contributed by atoms with Crippen molar-refractivity contribution in [3.8, 4) is 0 Å². The molecule has 4 atom stereocenters. The van der Waals surface area contributed by atoms with Crippen molar-refractivity contribution in [1.82, 2.24) is 6.15 Å². The van der Waals surface area contributed by atoms with Crippen molar-refractivity contribution in [3.05, 3.63) is 0 Å². The van der Waals surface area contributed by atoms with Crippen molar-refractivity contribution in [1.29, 1.82) is 0 Å². The van der Waals surface area contributed by atoms with E-state index in [9.17, 15) is 0 Å². The van der Waals surface area contributed by atoms with E-state index in [0.717, 1.165) is 25.7 Å². The van der Waals surface area contributed by atoms with Gasteiger partial charge in [0, 0.05) is 24.2 Å². The molecule has 5 heteroatoms. The van der Waals surface area contributed by atoms with Gasteiger partial charge in [0.05, 0.1) is 0 Å². The van der Waals surface area contributed by atoms with E-state index in [4.69, 9.17) is 22.9 Å². The zero-order chi connectivity index (χ0) is 22.8. The molecule has 11 N–H and O–H groups in total. The average molecular weight is 422 g/mol. The van der Waals surface area contributed by atoms with E-state index in [1.807, 2.05) is 0 Å². The Morgan fingerprint density at radius 1 is 0.379 bits per heavy atom. The predicted octanol–water partition coefficient (Wildman–Crippen LogP) is 6.26. The van der Waals surface area contributed by atoms with Crippen LogP contribution in [0, 0.1) is 0 Å². The Labute approximate surface area is 186 Å². The SMILES string of the molecule is CCCC(N)CC.CCCC(N)CC.CCCC(N)CC.CCCC(N)CC.N. The molecule has 0 fully saturated rings. The van der Waals surface area contributed by atoms with Crippen molar-refractivity contribution in [2.24, 2.45) is 22.9 Å². The molecule has 0 rings (SSSR count). The number of hydrogen-bond acceptors (Lipinski definition) is 5. The van der Waals surface area contributed by atoms with E-state index in [2.05, 4.69) is 55.4 Å². The highest BCUT2D eigenvalue weighted by Crippen LogP contribution is 1.96. The molecule has 0 spiro atoms. The second-order valence-electron chi connectivity index (χ2n) is 7.83. The molecule has 0 aliphatic heterocycles. The summed E-state index contributed by atoms with van der Waals surface area (Å²) in [6.45, 7) is 17.2. The van der Waals surface area contributed by atoms with Crippen LogP contribution in [0.5, 0.6) is 0 Å². The summed E-state index contributed by atoms with van der Waals surface area (Å²) in [5.74, 6) is 0. The van der Waals surface area contributed by atoms with Gasteiger partial charge in [0.1, 0.15) is 0 Å². The lowest BCUT2D eigenvalue weighted by Crippen LogP contribution is -2.17. The summed E-state index contributed by atoms with van der Waals surface area (Å²) in [6, 6.07) is 1.80. The zero-order valence-electron chi connectivity index (χ0n) is 21.8. The van der Waals surface area contributed by atoms with Gasteiger partial charge in [0.15, 0.2) is 0 Å². The van der Waals surface area contributed by atoms with Gasteiger partial charge in [-0.1, -0.05) is 81.1 Å².